The second-order valence-corrected chi connectivity index (χ2v) is 7.01. The number of carboxylic acids is 1. The Morgan fingerprint density at radius 1 is 1.40 bits per heavy atom. The van der Waals surface area contributed by atoms with Gasteiger partial charge in [-0.2, -0.15) is 0 Å². The van der Waals surface area contributed by atoms with E-state index >= 15 is 0 Å². The molecule has 3 atom stereocenters. The smallest absolute Gasteiger partial charge is 0.328 e. The van der Waals surface area contributed by atoms with Crippen LogP contribution in [0.3, 0.4) is 0 Å². The minimum absolute atomic E-state index is 0.0385. The van der Waals surface area contributed by atoms with Gasteiger partial charge in [-0.05, 0) is 19.8 Å². The molecule has 0 saturated carbocycles. The fourth-order valence-corrected chi connectivity index (χ4v) is 3.03. The van der Waals surface area contributed by atoms with Gasteiger partial charge in [0.05, 0.1) is 18.3 Å². The Kier molecular flexibility index (Phi) is 5.49. The second kappa shape index (κ2) is 6.51. The van der Waals surface area contributed by atoms with Gasteiger partial charge in [-0.15, -0.1) is 0 Å². The van der Waals surface area contributed by atoms with Crippen LogP contribution in [0.1, 0.15) is 19.8 Å². The minimum Gasteiger partial charge on any atom is -0.480 e. The number of carbonyl (C=O) groups is 2. The number of aliphatic hydroxyl groups excluding tert-OH is 1. The van der Waals surface area contributed by atoms with Crippen molar-refractivity contribution in [2.24, 2.45) is 5.92 Å². The SMILES string of the molecule is CC(O)C(NC(=O)C1CCCN(S(C)(=O)=O)C1)C(=O)O. The van der Waals surface area contributed by atoms with Crippen LogP contribution in [-0.4, -0.2) is 66.3 Å². The number of carboxylic acid groups (broad SMARTS) is 1. The van der Waals surface area contributed by atoms with E-state index in [9.17, 15) is 23.1 Å². The number of amides is 1. The van der Waals surface area contributed by atoms with Gasteiger partial charge >= 0.3 is 5.97 Å². The first-order valence-electron chi connectivity index (χ1n) is 6.29. The average molecular weight is 308 g/mol. The molecule has 1 saturated heterocycles. The van der Waals surface area contributed by atoms with Crippen molar-refractivity contribution in [1.29, 1.82) is 0 Å². The maximum absolute atomic E-state index is 12.0. The molecule has 1 heterocycles. The lowest BCUT2D eigenvalue weighted by Gasteiger charge is -2.31. The van der Waals surface area contributed by atoms with Crippen molar-refractivity contribution in [3.8, 4) is 0 Å². The van der Waals surface area contributed by atoms with Gasteiger partial charge < -0.3 is 15.5 Å². The molecule has 8 nitrogen and oxygen atoms in total. The Hall–Kier alpha value is -1.19. The van der Waals surface area contributed by atoms with Crippen molar-refractivity contribution in [1.82, 2.24) is 9.62 Å². The highest BCUT2D eigenvalue weighted by molar-refractivity contribution is 7.88. The number of hydrogen-bond acceptors (Lipinski definition) is 5. The summed E-state index contributed by atoms with van der Waals surface area (Å²) >= 11 is 0. The summed E-state index contributed by atoms with van der Waals surface area (Å²) in [6.45, 7) is 1.67. The number of aliphatic carboxylic acids is 1. The predicted octanol–water partition coefficient (Wildman–Crippen LogP) is -1.39. The molecule has 3 N–H and O–H groups in total. The summed E-state index contributed by atoms with van der Waals surface area (Å²) in [4.78, 5) is 22.9. The average Bonchev–Trinajstić information content (AvgIpc) is 2.34. The van der Waals surface area contributed by atoms with Gasteiger partial charge in [-0.1, -0.05) is 0 Å². The molecule has 116 valence electrons. The van der Waals surface area contributed by atoms with Crippen molar-refractivity contribution in [2.75, 3.05) is 19.3 Å². The molecule has 0 bridgehead atoms. The lowest BCUT2D eigenvalue weighted by Crippen LogP contribution is -2.52. The summed E-state index contributed by atoms with van der Waals surface area (Å²) < 4.78 is 24.1. The summed E-state index contributed by atoms with van der Waals surface area (Å²) in [7, 11) is -3.37. The van der Waals surface area contributed by atoms with E-state index in [-0.39, 0.29) is 6.54 Å². The Morgan fingerprint density at radius 3 is 2.45 bits per heavy atom. The zero-order valence-corrected chi connectivity index (χ0v) is 12.3. The number of aliphatic hydroxyl groups is 1. The van der Waals surface area contributed by atoms with E-state index in [1.54, 1.807) is 0 Å². The normalized spacial score (nSPS) is 23.9. The summed E-state index contributed by atoms with van der Waals surface area (Å²) in [5.74, 6) is -2.48. The first-order valence-corrected chi connectivity index (χ1v) is 8.14. The van der Waals surface area contributed by atoms with E-state index in [0.717, 1.165) is 6.26 Å². The van der Waals surface area contributed by atoms with E-state index in [2.05, 4.69) is 5.32 Å². The van der Waals surface area contributed by atoms with Crippen LogP contribution in [0.2, 0.25) is 0 Å². The van der Waals surface area contributed by atoms with Gasteiger partial charge in [0.25, 0.3) is 0 Å². The quantitative estimate of drug-likeness (QED) is 0.574. The zero-order chi connectivity index (χ0) is 15.5. The molecule has 9 heteroatoms. The molecule has 0 aromatic rings. The van der Waals surface area contributed by atoms with E-state index < -0.39 is 40.0 Å². The molecule has 0 radical (unpaired) electrons. The minimum atomic E-state index is -3.37. The maximum Gasteiger partial charge on any atom is 0.328 e. The topological polar surface area (TPSA) is 124 Å². The third-order valence-electron chi connectivity index (χ3n) is 3.27. The summed E-state index contributed by atoms with van der Waals surface area (Å²) in [5.41, 5.74) is 0. The standard InChI is InChI=1S/C11H20N2O6S/c1-7(14)9(11(16)17)12-10(15)8-4-3-5-13(6-8)20(2,18)19/h7-9,14H,3-6H2,1-2H3,(H,12,15)(H,16,17). The molecule has 0 aromatic carbocycles. The van der Waals surface area contributed by atoms with Crippen LogP contribution in [0, 0.1) is 5.92 Å². The molecule has 0 aromatic heterocycles. The van der Waals surface area contributed by atoms with E-state index in [4.69, 9.17) is 5.11 Å². The van der Waals surface area contributed by atoms with Crippen LogP contribution >= 0.6 is 0 Å². The Bertz CT molecular complexity index is 475. The first-order chi connectivity index (χ1) is 9.12. The largest absolute Gasteiger partial charge is 0.480 e. The van der Waals surface area contributed by atoms with Crippen LogP contribution in [0.4, 0.5) is 0 Å². The molecule has 0 aliphatic carbocycles. The Morgan fingerprint density at radius 2 is 2.00 bits per heavy atom. The number of hydrogen-bond donors (Lipinski definition) is 3. The highest BCUT2D eigenvalue weighted by Crippen LogP contribution is 2.19. The Balaban J connectivity index is 2.70. The molecule has 1 amide bonds. The number of piperidine rings is 1. The van der Waals surface area contributed by atoms with Crippen LogP contribution in [0.5, 0.6) is 0 Å². The number of carbonyl (C=O) groups excluding carboxylic acids is 1. The lowest BCUT2D eigenvalue weighted by atomic mass is 9.98. The van der Waals surface area contributed by atoms with E-state index in [1.807, 2.05) is 0 Å². The third-order valence-corrected chi connectivity index (χ3v) is 4.54. The van der Waals surface area contributed by atoms with Gasteiger partial charge in [0.15, 0.2) is 6.04 Å². The van der Waals surface area contributed by atoms with Gasteiger partial charge in [-0.3, -0.25) is 4.79 Å². The highest BCUT2D eigenvalue weighted by Gasteiger charge is 2.33. The molecule has 1 aliphatic rings. The predicted molar refractivity (Wildman–Crippen MR) is 70.4 cm³/mol. The number of nitrogens with one attached hydrogen (secondary N) is 1. The van der Waals surface area contributed by atoms with E-state index in [1.165, 1.54) is 11.2 Å². The van der Waals surface area contributed by atoms with Crippen molar-refractivity contribution in [2.45, 2.75) is 31.9 Å². The van der Waals surface area contributed by atoms with Crippen molar-refractivity contribution in [3.63, 3.8) is 0 Å². The molecule has 1 fully saturated rings. The fraction of sp³-hybridized carbons (Fsp3) is 0.818. The molecule has 1 rings (SSSR count). The number of sulfonamides is 1. The zero-order valence-electron chi connectivity index (χ0n) is 11.4. The van der Waals surface area contributed by atoms with E-state index in [0.29, 0.717) is 19.4 Å². The third kappa shape index (κ3) is 4.43. The lowest BCUT2D eigenvalue weighted by molar-refractivity contribution is -0.145. The summed E-state index contributed by atoms with van der Waals surface area (Å²) in [5, 5.41) is 20.4. The molecule has 0 spiro atoms. The monoisotopic (exact) mass is 308 g/mol. The fourth-order valence-electron chi connectivity index (χ4n) is 2.12. The van der Waals surface area contributed by atoms with Gasteiger partial charge in [0.1, 0.15) is 0 Å². The van der Waals surface area contributed by atoms with Crippen LogP contribution in [0.15, 0.2) is 0 Å². The van der Waals surface area contributed by atoms with Crippen molar-refractivity contribution < 1.29 is 28.2 Å². The van der Waals surface area contributed by atoms with Crippen LogP contribution in [-0.2, 0) is 19.6 Å². The molecular weight excluding hydrogens is 288 g/mol. The van der Waals surface area contributed by atoms with Gasteiger partial charge in [-0.25, -0.2) is 17.5 Å². The van der Waals surface area contributed by atoms with Crippen LogP contribution in [0.25, 0.3) is 0 Å². The molecule has 20 heavy (non-hydrogen) atoms. The summed E-state index contributed by atoms with van der Waals surface area (Å²) in [6.07, 6.45) is 0.871. The number of rotatable bonds is 5. The Labute approximate surface area is 117 Å². The van der Waals surface area contributed by atoms with Gasteiger partial charge in [0.2, 0.25) is 15.9 Å². The summed E-state index contributed by atoms with van der Waals surface area (Å²) in [6, 6.07) is -1.39. The highest BCUT2D eigenvalue weighted by atomic mass is 32.2. The maximum atomic E-state index is 12.0. The van der Waals surface area contributed by atoms with Crippen LogP contribution < -0.4 is 5.32 Å². The van der Waals surface area contributed by atoms with Crippen molar-refractivity contribution >= 4 is 21.9 Å². The molecule has 1 aliphatic heterocycles. The van der Waals surface area contributed by atoms with Crippen molar-refractivity contribution in [3.05, 3.63) is 0 Å². The molecule has 3 unspecified atom stereocenters. The second-order valence-electron chi connectivity index (χ2n) is 5.03. The number of nitrogens with zero attached hydrogens (tertiary/aromatic N) is 1. The molecular formula is C11H20N2O6S. The first kappa shape index (κ1) is 16.9. The van der Waals surface area contributed by atoms with Gasteiger partial charge in [0, 0.05) is 13.1 Å².